The molecule has 33 heavy (non-hydrogen) atoms. The van der Waals surface area contributed by atoms with Gasteiger partial charge in [0.2, 0.25) is 0 Å². The maximum atomic E-state index is 12.6. The summed E-state index contributed by atoms with van der Waals surface area (Å²) in [7, 11) is 0. The quantitative estimate of drug-likeness (QED) is 0.462. The largest absolute Gasteiger partial charge is 0.416 e. The number of rotatable bonds is 7. The molecule has 0 unspecified atom stereocenters. The van der Waals surface area contributed by atoms with Crippen LogP contribution in [-0.4, -0.2) is 54.4 Å². The van der Waals surface area contributed by atoms with E-state index in [2.05, 4.69) is 31.6 Å². The minimum atomic E-state index is -4.39. The number of hydrogen-bond acceptors (Lipinski definition) is 5. The molecule has 0 saturated carbocycles. The minimum Gasteiger partial charge on any atom is -0.353 e. The number of nitrogens with one attached hydrogen (secondary N) is 1. The molecule has 0 aliphatic carbocycles. The smallest absolute Gasteiger partial charge is 0.353 e. The van der Waals surface area contributed by atoms with E-state index in [-0.39, 0.29) is 23.9 Å². The zero-order valence-corrected chi connectivity index (χ0v) is 19.6. The third-order valence-corrected chi connectivity index (χ3v) is 6.51. The molecule has 0 spiro atoms. The van der Waals surface area contributed by atoms with Crippen LogP contribution in [0.1, 0.15) is 28.8 Å². The highest BCUT2D eigenvalue weighted by Crippen LogP contribution is 2.30. The van der Waals surface area contributed by atoms with Crippen molar-refractivity contribution in [3.8, 4) is 0 Å². The van der Waals surface area contributed by atoms with E-state index in [0.29, 0.717) is 6.54 Å². The second kappa shape index (κ2) is 11.2. The maximum absolute atomic E-state index is 12.6. The van der Waals surface area contributed by atoms with Crippen molar-refractivity contribution in [1.29, 1.82) is 0 Å². The zero-order chi connectivity index (χ0) is 22.6. The van der Waals surface area contributed by atoms with Crippen molar-refractivity contribution in [3.05, 3.63) is 59.7 Å². The molecule has 10 heteroatoms. The van der Waals surface area contributed by atoms with Gasteiger partial charge in [0.15, 0.2) is 0 Å². The Morgan fingerprint density at radius 2 is 1.70 bits per heavy atom. The van der Waals surface area contributed by atoms with Crippen LogP contribution in [0.3, 0.4) is 0 Å². The third kappa shape index (κ3) is 6.37. The lowest BCUT2D eigenvalue weighted by Gasteiger charge is -2.35. The molecule has 178 valence electrons. The predicted octanol–water partition coefficient (Wildman–Crippen LogP) is 5.07. The Balaban J connectivity index is 0.00000306. The van der Waals surface area contributed by atoms with Gasteiger partial charge in [-0.1, -0.05) is 12.1 Å². The number of amides is 1. The lowest BCUT2D eigenvalue weighted by Crippen LogP contribution is -2.46. The van der Waals surface area contributed by atoms with Gasteiger partial charge in [-0.2, -0.15) is 17.5 Å². The fourth-order valence-electron chi connectivity index (χ4n) is 3.86. The predicted molar refractivity (Wildman–Crippen MR) is 129 cm³/mol. The number of carbonyl (C=O) groups excluding carboxylic acids is 1. The van der Waals surface area contributed by atoms with E-state index in [1.807, 2.05) is 12.1 Å². The van der Waals surface area contributed by atoms with Crippen LogP contribution in [0.5, 0.6) is 0 Å². The van der Waals surface area contributed by atoms with Crippen LogP contribution >= 0.6 is 23.9 Å². The van der Waals surface area contributed by atoms with Gasteiger partial charge in [0, 0.05) is 43.7 Å². The summed E-state index contributed by atoms with van der Waals surface area (Å²) in [4.78, 5) is 16.9. The SMILES string of the molecule is Cl.O=C(NCCCCN1CCN(c2nsc3ccccc23)CC1)c1ccc(C(F)(F)F)cc1. The number of piperazine rings is 1. The van der Waals surface area contributed by atoms with Crippen LogP contribution in [0.4, 0.5) is 19.0 Å². The Hall–Kier alpha value is -2.36. The van der Waals surface area contributed by atoms with Gasteiger partial charge >= 0.3 is 6.18 Å². The number of carbonyl (C=O) groups is 1. The van der Waals surface area contributed by atoms with Gasteiger partial charge in [-0.15, -0.1) is 12.4 Å². The van der Waals surface area contributed by atoms with E-state index in [9.17, 15) is 18.0 Å². The van der Waals surface area contributed by atoms with Gasteiger partial charge in [-0.3, -0.25) is 9.69 Å². The molecule has 3 aromatic rings. The van der Waals surface area contributed by atoms with Crippen LogP contribution < -0.4 is 10.2 Å². The number of alkyl halides is 3. The molecule has 0 bridgehead atoms. The summed E-state index contributed by atoms with van der Waals surface area (Å²) in [6, 6.07) is 12.6. The first kappa shape index (κ1) is 25.3. The number of nitrogens with zero attached hydrogens (tertiary/aromatic N) is 3. The first-order valence-electron chi connectivity index (χ1n) is 10.7. The molecular formula is C23H26ClF3N4OS. The molecule has 1 aliphatic heterocycles. The van der Waals surface area contributed by atoms with Crippen LogP contribution in [0.15, 0.2) is 48.5 Å². The van der Waals surface area contributed by atoms with Gasteiger partial charge in [0.1, 0.15) is 5.82 Å². The summed E-state index contributed by atoms with van der Waals surface area (Å²) in [5.41, 5.74) is -0.513. The third-order valence-electron chi connectivity index (χ3n) is 5.69. The van der Waals surface area contributed by atoms with Gasteiger partial charge in [-0.05, 0) is 67.3 Å². The Kier molecular flexibility index (Phi) is 8.56. The van der Waals surface area contributed by atoms with Crippen LogP contribution in [0, 0.1) is 0 Å². The van der Waals surface area contributed by atoms with E-state index >= 15 is 0 Å². The van der Waals surface area contributed by atoms with Crippen molar-refractivity contribution >= 4 is 45.8 Å². The van der Waals surface area contributed by atoms with Crippen molar-refractivity contribution in [2.24, 2.45) is 0 Å². The molecule has 1 aromatic heterocycles. The number of anilines is 1. The molecule has 1 N–H and O–H groups in total. The Morgan fingerprint density at radius 3 is 2.39 bits per heavy atom. The van der Waals surface area contributed by atoms with E-state index in [4.69, 9.17) is 0 Å². The molecule has 1 aliphatic rings. The number of aromatic nitrogens is 1. The Labute approximate surface area is 201 Å². The molecular weight excluding hydrogens is 473 g/mol. The first-order chi connectivity index (χ1) is 15.4. The van der Waals surface area contributed by atoms with E-state index in [0.717, 1.165) is 63.5 Å². The summed E-state index contributed by atoms with van der Waals surface area (Å²) in [5.74, 6) is 0.735. The molecule has 1 saturated heterocycles. The van der Waals surface area contributed by atoms with Crippen LogP contribution in [0.2, 0.25) is 0 Å². The standard InChI is InChI=1S/C23H25F3N4OS.ClH/c24-23(25,26)18-9-7-17(8-10-18)22(31)27-11-3-4-12-29-13-15-30(16-14-29)21-19-5-1-2-6-20(19)32-28-21;/h1-2,5-10H,3-4,11-16H2,(H,27,31);1H. The van der Waals surface area contributed by atoms with Gasteiger partial charge in [0.25, 0.3) is 5.91 Å². The second-order valence-corrected chi connectivity index (χ2v) is 8.67. The number of benzene rings is 2. The van der Waals surface area contributed by atoms with Gasteiger partial charge in [0.05, 0.1) is 10.3 Å². The normalized spacial score (nSPS) is 14.8. The molecule has 0 radical (unpaired) electrons. The average Bonchev–Trinajstić information content (AvgIpc) is 3.23. The number of halogens is 4. The van der Waals surface area contributed by atoms with Crippen molar-refractivity contribution in [2.45, 2.75) is 19.0 Å². The summed E-state index contributed by atoms with van der Waals surface area (Å²) in [5, 5.41) is 4.00. The summed E-state index contributed by atoms with van der Waals surface area (Å²) >= 11 is 1.54. The molecule has 4 rings (SSSR count). The Bertz CT molecular complexity index is 1050. The fraction of sp³-hybridized carbons (Fsp3) is 0.391. The number of unbranched alkanes of at least 4 members (excludes halogenated alkanes) is 1. The fourth-order valence-corrected chi connectivity index (χ4v) is 4.65. The Morgan fingerprint density at radius 1 is 1.00 bits per heavy atom. The maximum Gasteiger partial charge on any atom is 0.416 e. The van der Waals surface area contributed by atoms with Crippen molar-refractivity contribution in [2.75, 3.05) is 44.2 Å². The highest BCUT2D eigenvalue weighted by atomic mass is 35.5. The highest BCUT2D eigenvalue weighted by molar-refractivity contribution is 7.13. The van der Waals surface area contributed by atoms with Crippen LogP contribution in [-0.2, 0) is 6.18 Å². The van der Waals surface area contributed by atoms with Crippen molar-refractivity contribution in [1.82, 2.24) is 14.6 Å². The highest BCUT2D eigenvalue weighted by Gasteiger charge is 2.30. The lowest BCUT2D eigenvalue weighted by atomic mass is 10.1. The molecule has 0 atom stereocenters. The van der Waals surface area contributed by atoms with Crippen LogP contribution in [0.25, 0.3) is 10.1 Å². The molecule has 2 heterocycles. The molecule has 1 amide bonds. The average molecular weight is 499 g/mol. The number of fused-ring (bicyclic) bond motifs is 1. The van der Waals surface area contributed by atoms with E-state index in [1.54, 1.807) is 11.5 Å². The van der Waals surface area contributed by atoms with Gasteiger partial charge < -0.3 is 10.2 Å². The lowest BCUT2D eigenvalue weighted by molar-refractivity contribution is -0.137. The minimum absolute atomic E-state index is 0. The van der Waals surface area contributed by atoms with E-state index < -0.39 is 11.7 Å². The van der Waals surface area contributed by atoms with E-state index in [1.165, 1.54) is 22.2 Å². The number of hydrogen-bond donors (Lipinski definition) is 1. The second-order valence-electron chi connectivity index (χ2n) is 7.87. The van der Waals surface area contributed by atoms with Crippen molar-refractivity contribution < 1.29 is 18.0 Å². The molecule has 2 aromatic carbocycles. The first-order valence-corrected chi connectivity index (χ1v) is 11.5. The summed E-state index contributed by atoms with van der Waals surface area (Å²) in [6.45, 7) is 5.30. The monoisotopic (exact) mass is 498 g/mol. The summed E-state index contributed by atoms with van der Waals surface area (Å²) < 4.78 is 43.7. The zero-order valence-electron chi connectivity index (χ0n) is 18.0. The molecule has 5 nitrogen and oxygen atoms in total. The summed E-state index contributed by atoms with van der Waals surface area (Å²) in [6.07, 6.45) is -2.62. The van der Waals surface area contributed by atoms with Gasteiger partial charge in [-0.25, -0.2) is 0 Å². The molecule has 1 fully saturated rings. The topological polar surface area (TPSA) is 48.5 Å². The van der Waals surface area contributed by atoms with Crippen molar-refractivity contribution in [3.63, 3.8) is 0 Å².